The molecule has 0 unspecified atom stereocenters. The maximum absolute atomic E-state index is 12.1. The van der Waals surface area contributed by atoms with E-state index in [1.165, 1.54) is 0 Å². The molecule has 25 heavy (non-hydrogen) atoms. The number of aryl methyl sites for hydroxylation is 1. The van der Waals surface area contributed by atoms with E-state index in [4.69, 9.17) is 4.74 Å². The third-order valence-corrected chi connectivity index (χ3v) is 3.93. The van der Waals surface area contributed by atoms with Crippen molar-refractivity contribution in [3.05, 3.63) is 36.0 Å². The van der Waals surface area contributed by atoms with Gasteiger partial charge < -0.3 is 20.3 Å². The molecule has 1 amide bonds. The molecule has 0 aliphatic carbocycles. The molecule has 3 rings (SSSR count). The molecular weight excluding hydrogens is 318 g/mol. The molecule has 1 fully saturated rings. The van der Waals surface area contributed by atoms with Crippen LogP contribution < -0.4 is 15.5 Å². The van der Waals surface area contributed by atoms with Crippen LogP contribution >= 0.6 is 0 Å². The summed E-state index contributed by atoms with van der Waals surface area (Å²) in [4.78, 5) is 22.9. The van der Waals surface area contributed by atoms with E-state index in [2.05, 4.69) is 20.6 Å². The molecule has 2 aromatic rings. The van der Waals surface area contributed by atoms with Crippen molar-refractivity contribution in [1.29, 1.82) is 0 Å². The summed E-state index contributed by atoms with van der Waals surface area (Å²) in [6.07, 6.45) is 1.39. The lowest BCUT2D eigenvalue weighted by atomic mass is 10.2. The highest BCUT2D eigenvalue weighted by Gasteiger charge is 2.23. The summed E-state index contributed by atoms with van der Waals surface area (Å²) in [5, 5.41) is 6.07. The van der Waals surface area contributed by atoms with Crippen molar-refractivity contribution >= 4 is 29.0 Å². The minimum Gasteiger partial charge on any atom is -0.368 e. The van der Waals surface area contributed by atoms with Crippen molar-refractivity contribution in [2.45, 2.75) is 25.9 Å². The molecular formula is C18H23N5O2. The molecule has 1 saturated heterocycles. The molecule has 0 bridgehead atoms. The van der Waals surface area contributed by atoms with Gasteiger partial charge in [0.05, 0.1) is 0 Å². The summed E-state index contributed by atoms with van der Waals surface area (Å²) in [5.74, 6) is 1.30. The third-order valence-electron chi connectivity index (χ3n) is 3.93. The minimum absolute atomic E-state index is 0.0872. The Morgan fingerprint density at radius 1 is 1.20 bits per heavy atom. The molecule has 1 atom stereocenters. The first-order valence-corrected chi connectivity index (χ1v) is 8.34. The lowest BCUT2D eigenvalue weighted by Crippen LogP contribution is -2.26. The Morgan fingerprint density at radius 3 is 2.56 bits per heavy atom. The van der Waals surface area contributed by atoms with E-state index in [9.17, 15) is 4.79 Å². The van der Waals surface area contributed by atoms with Gasteiger partial charge in [-0.25, -0.2) is 4.98 Å². The number of ether oxygens (including phenoxy) is 1. The van der Waals surface area contributed by atoms with Crippen LogP contribution in [-0.2, 0) is 9.53 Å². The van der Waals surface area contributed by atoms with Crippen LogP contribution in [0.4, 0.5) is 23.1 Å². The number of rotatable bonds is 5. The van der Waals surface area contributed by atoms with E-state index < -0.39 is 0 Å². The topological polar surface area (TPSA) is 79.4 Å². The van der Waals surface area contributed by atoms with Crippen LogP contribution in [0.2, 0.25) is 0 Å². The van der Waals surface area contributed by atoms with Crippen molar-refractivity contribution in [1.82, 2.24) is 9.97 Å². The van der Waals surface area contributed by atoms with Crippen LogP contribution in [0.5, 0.6) is 0 Å². The van der Waals surface area contributed by atoms with Gasteiger partial charge in [-0.15, -0.1) is 0 Å². The largest absolute Gasteiger partial charge is 0.368 e. The Balaban J connectivity index is 1.65. The van der Waals surface area contributed by atoms with Crippen LogP contribution in [0.3, 0.4) is 0 Å². The molecule has 0 spiro atoms. The van der Waals surface area contributed by atoms with Gasteiger partial charge in [0.1, 0.15) is 11.9 Å². The highest BCUT2D eigenvalue weighted by molar-refractivity contribution is 5.94. The smallest absolute Gasteiger partial charge is 0.253 e. The zero-order valence-corrected chi connectivity index (χ0v) is 14.7. The van der Waals surface area contributed by atoms with Crippen LogP contribution in [0, 0.1) is 6.92 Å². The number of carbonyl (C=O) groups is 1. The summed E-state index contributed by atoms with van der Waals surface area (Å²) in [5.41, 5.74) is 2.48. The fourth-order valence-electron chi connectivity index (χ4n) is 2.61. The first-order chi connectivity index (χ1) is 12.0. The van der Waals surface area contributed by atoms with E-state index in [0.29, 0.717) is 12.6 Å². The number of carbonyl (C=O) groups excluding carboxylic acids is 1. The van der Waals surface area contributed by atoms with Crippen molar-refractivity contribution in [3.8, 4) is 0 Å². The predicted molar refractivity (Wildman–Crippen MR) is 98.4 cm³/mol. The molecule has 1 aliphatic heterocycles. The quantitative estimate of drug-likeness (QED) is 0.870. The number of nitrogens with one attached hydrogen (secondary N) is 2. The fourth-order valence-corrected chi connectivity index (χ4v) is 2.61. The molecule has 1 aromatic carbocycles. The van der Waals surface area contributed by atoms with Crippen LogP contribution in [0.1, 0.15) is 18.5 Å². The van der Waals surface area contributed by atoms with Crippen LogP contribution in [0.25, 0.3) is 0 Å². The molecule has 7 heteroatoms. The van der Waals surface area contributed by atoms with Crippen molar-refractivity contribution in [2.24, 2.45) is 0 Å². The zero-order chi connectivity index (χ0) is 17.8. The predicted octanol–water partition coefficient (Wildman–Crippen LogP) is 2.71. The van der Waals surface area contributed by atoms with E-state index in [0.717, 1.165) is 35.7 Å². The average Bonchev–Trinajstić information content (AvgIpc) is 3.11. The lowest BCUT2D eigenvalue weighted by molar-refractivity contribution is -0.124. The molecule has 0 saturated carbocycles. The second-order valence-corrected chi connectivity index (χ2v) is 6.28. The molecule has 7 nitrogen and oxygen atoms in total. The lowest BCUT2D eigenvalue weighted by Gasteiger charge is -2.14. The molecule has 2 heterocycles. The number of nitrogens with zero attached hydrogens (tertiary/aromatic N) is 3. The number of benzene rings is 1. The number of amides is 1. The SMILES string of the molecule is Cc1cc(N(C)C)nc(Nc2ccc(NC(=O)[C@H]3CCCO3)cc2)n1. The maximum Gasteiger partial charge on any atom is 0.253 e. The molecule has 0 radical (unpaired) electrons. The number of aromatic nitrogens is 2. The van der Waals surface area contributed by atoms with Gasteiger partial charge >= 0.3 is 0 Å². The van der Waals surface area contributed by atoms with Gasteiger partial charge in [0.2, 0.25) is 5.95 Å². The van der Waals surface area contributed by atoms with Crippen molar-refractivity contribution < 1.29 is 9.53 Å². The Morgan fingerprint density at radius 2 is 1.92 bits per heavy atom. The Hall–Kier alpha value is -2.67. The second-order valence-electron chi connectivity index (χ2n) is 6.28. The van der Waals surface area contributed by atoms with Gasteiger partial charge in [0, 0.05) is 43.8 Å². The van der Waals surface area contributed by atoms with Gasteiger partial charge in [0.15, 0.2) is 0 Å². The van der Waals surface area contributed by atoms with Gasteiger partial charge in [-0.1, -0.05) is 0 Å². The summed E-state index contributed by atoms with van der Waals surface area (Å²) >= 11 is 0. The van der Waals surface area contributed by atoms with E-state index in [1.807, 2.05) is 56.3 Å². The normalized spacial score (nSPS) is 16.5. The third kappa shape index (κ3) is 4.45. The first-order valence-electron chi connectivity index (χ1n) is 8.34. The zero-order valence-electron chi connectivity index (χ0n) is 14.7. The molecule has 1 aliphatic rings. The number of hydrogen-bond acceptors (Lipinski definition) is 6. The molecule has 2 N–H and O–H groups in total. The van der Waals surface area contributed by atoms with E-state index >= 15 is 0 Å². The molecule has 1 aromatic heterocycles. The summed E-state index contributed by atoms with van der Waals surface area (Å²) in [7, 11) is 3.88. The maximum atomic E-state index is 12.1. The standard InChI is InChI=1S/C18H23N5O2/c1-12-11-16(23(2)3)22-18(19-12)21-14-8-6-13(7-9-14)20-17(24)15-5-4-10-25-15/h6-9,11,15H,4-5,10H2,1-3H3,(H,20,24)(H,19,21,22)/t15-/m1/s1. The van der Waals surface area contributed by atoms with Gasteiger partial charge in [-0.05, 0) is 44.0 Å². The van der Waals surface area contributed by atoms with Crippen molar-refractivity contribution in [2.75, 3.05) is 36.2 Å². The average molecular weight is 341 g/mol. The van der Waals surface area contributed by atoms with Crippen molar-refractivity contribution in [3.63, 3.8) is 0 Å². The van der Waals surface area contributed by atoms with Gasteiger partial charge in [-0.2, -0.15) is 4.98 Å². The van der Waals surface area contributed by atoms with Crippen LogP contribution in [-0.4, -0.2) is 42.7 Å². The van der Waals surface area contributed by atoms with Gasteiger partial charge in [-0.3, -0.25) is 4.79 Å². The monoisotopic (exact) mass is 341 g/mol. The number of anilines is 4. The Kier molecular flexibility index (Phi) is 5.14. The highest BCUT2D eigenvalue weighted by Crippen LogP contribution is 2.20. The summed E-state index contributed by atoms with van der Waals surface area (Å²) in [6.45, 7) is 2.59. The van der Waals surface area contributed by atoms with Crippen LogP contribution in [0.15, 0.2) is 30.3 Å². The van der Waals surface area contributed by atoms with E-state index in [1.54, 1.807) is 0 Å². The summed E-state index contributed by atoms with van der Waals surface area (Å²) < 4.78 is 5.39. The first kappa shape index (κ1) is 17.2. The molecule has 132 valence electrons. The number of hydrogen-bond donors (Lipinski definition) is 2. The minimum atomic E-state index is -0.331. The highest BCUT2D eigenvalue weighted by atomic mass is 16.5. The second kappa shape index (κ2) is 7.48. The van der Waals surface area contributed by atoms with Gasteiger partial charge in [0.25, 0.3) is 5.91 Å². The van der Waals surface area contributed by atoms with E-state index in [-0.39, 0.29) is 12.0 Å². The Bertz CT molecular complexity index is 740. The Labute approximate surface area is 147 Å². The summed E-state index contributed by atoms with van der Waals surface area (Å²) in [6, 6.07) is 9.38. The fraction of sp³-hybridized carbons (Fsp3) is 0.389.